The van der Waals surface area contributed by atoms with Gasteiger partial charge in [-0.1, -0.05) is 66.7 Å². The van der Waals surface area contributed by atoms with Crippen molar-refractivity contribution in [1.82, 2.24) is 10.3 Å². The van der Waals surface area contributed by atoms with E-state index >= 15 is 0 Å². The summed E-state index contributed by atoms with van der Waals surface area (Å²) in [5, 5.41) is 2.91. The number of ether oxygens (including phenoxy) is 1. The highest BCUT2D eigenvalue weighted by atomic mass is 16.5. The maximum atomic E-state index is 12.4. The van der Waals surface area contributed by atoms with Crippen LogP contribution in [0.15, 0.2) is 103 Å². The van der Waals surface area contributed by atoms with E-state index in [9.17, 15) is 4.79 Å². The Morgan fingerprint density at radius 2 is 1.52 bits per heavy atom. The first-order chi connectivity index (χ1) is 16.3. The number of hydrogen-bond acceptors (Lipinski definition) is 3. The molecule has 0 saturated heterocycles. The van der Waals surface area contributed by atoms with Crippen molar-refractivity contribution in [3.63, 3.8) is 0 Å². The second-order valence-electron chi connectivity index (χ2n) is 7.94. The van der Waals surface area contributed by atoms with E-state index in [0.29, 0.717) is 18.7 Å². The normalized spacial score (nSPS) is 10.5. The topological polar surface area (TPSA) is 51.2 Å². The van der Waals surface area contributed by atoms with E-state index in [1.165, 1.54) is 11.1 Å². The second-order valence-corrected chi connectivity index (χ2v) is 7.94. The zero-order valence-corrected chi connectivity index (χ0v) is 18.6. The summed E-state index contributed by atoms with van der Waals surface area (Å²) < 4.78 is 6.07. The molecule has 33 heavy (non-hydrogen) atoms. The number of aromatic nitrogens is 1. The van der Waals surface area contributed by atoms with Gasteiger partial charge in [-0.15, -0.1) is 0 Å². The summed E-state index contributed by atoms with van der Waals surface area (Å²) in [5.74, 6) is 0.859. The quantitative estimate of drug-likeness (QED) is 0.344. The van der Waals surface area contributed by atoms with Gasteiger partial charge in [-0.2, -0.15) is 0 Å². The third-order valence-corrected chi connectivity index (χ3v) is 5.49. The van der Waals surface area contributed by atoms with E-state index < -0.39 is 0 Å². The van der Waals surface area contributed by atoms with Crippen LogP contribution in [0.1, 0.15) is 39.2 Å². The van der Waals surface area contributed by atoms with Crippen molar-refractivity contribution < 1.29 is 9.53 Å². The SMILES string of the molecule is O=C(NCc1ccccn1)c1ccc(CCCc2ccccc2OCc2ccccc2)cc1. The molecular weight excluding hydrogens is 408 g/mol. The van der Waals surface area contributed by atoms with Gasteiger partial charge in [0, 0.05) is 11.8 Å². The fourth-order valence-electron chi connectivity index (χ4n) is 3.67. The Kier molecular flexibility index (Phi) is 7.85. The van der Waals surface area contributed by atoms with Crippen molar-refractivity contribution >= 4 is 5.91 Å². The molecule has 3 aromatic carbocycles. The monoisotopic (exact) mass is 436 g/mol. The van der Waals surface area contributed by atoms with E-state index in [-0.39, 0.29) is 5.91 Å². The summed E-state index contributed by atoms with van der Waals surface area (Å²) in [6.45, 7) is 0.995. The summed E-state index contributed by atoms with van der Waals surface area (Å²) in [5.41, 5.74) is 5.11. The number of rotatable bonds is 10. The highest BCUT2D eigenvalue weighted by Gasteiger charge is 2.07. The molecule has 0 aliphatic carbocycles. The number of pyridine rings is 1. The maximum absolute atomic E-state index is 12.4. The number of nitrogens with zero attached hydrogens (tertiary/aromatic N) is 1. The Bertz CT molecular complexity index is 1140. The van der Waals surface area contributed by atoms with Gasteiger partial charge in [-0.25, -0.2) is 0 Å². The molecule has 1 aromatic heterocycles. The Hall–Kier alpha value is -3.92. The van der Waals surface area contributed by atoms with Crippen LogP contribution >= 0.6 is 0 Å². The summed E-state index contributed by atoms with van der Waals surface area (Å²) in [6, 6.07) is 32.0. The van der Waals surface area contributed by atoms with E-state index in [0.717, 1.165) is 36.3 Å². The molecule has 4 rings (SSSR count). The number of hydrogen-bond donors (Lipinski definition) is 1. The van der Waals surface area contributed by atoms with Gasteiger partial charge < -0.3 is 10.1 Å². The van der Waals surface area contributed by atoms with E-state index in [2.05, 4.69) is 34.6 Å². The minimum Gasteiger partial charge on any atom is -0.489 e. The lowest BCUT2D eigenvalue weighted by molar-refractivity contribution is 0.0950. The number of nitrogens with one attached hydrogen (secondary N) is 1. The third-order valence-electron chi connectivity index (χ3n) is 5.49. The van der Waals surface area contributed by atoms with Crippen LogP contribution in [0, 0.1) is 0 Å². The van der Waals surface area contributed by atoms with Crippen molar-refractivity contribution in [1.29, 1.82) is 0 Å². The Balaban J connectivity index is 1.25. The molecule has 0 aliphatic rings. The van der Waals surface area contributed by atoms with Crippen LogP contribution in [0.5, 0.6) is 5.75 Å². The highest BCUT2D eigenvalue weighted by Crippen LogP contribution is 2.22. The van der Waals surface area contributed by atoms with Crippen LogP contribution in [0.25, 0.3) is 0 Å². The standard InChI is InChI=1S/C29H28N2O2/c32-29(31-21-27-14-6-7-20-30-27)26-18-16-23(17-19-26)11-8-13-25-12-4-5-15-28(25)33-22-24-9-2-1-3-10-24/h1-7,9-10,12,14-20H,8,11,13,21-22H2,(H,31,32). The molecule has 1 heterocycles. The van der Waals surface area contributed by atoms with Crippen molar-refractivity contribution in [3.8, 4) is 5.75 Å². The van der Waals surface area contributed by atoms with Crippen LogP contribution in [0.3, 0.4) is 0 Å². The van der Waals surface area contributed by atoms with Crippen molar-refractivity contribution in [2.24, 2.45) is 0 Å². The van der Waals surface area contributed by atoms with Gasteiger partial charge in [0.25, 0.3) is 5.91 Å². The van der Waals surface area contributed by atoms with Crippen molar-refractivity contribution in [2.45, 2.75) is 32.4 Å². The molecule has 0 aliphatic heterocycles. The molecule has 1 amide bonds. The van der Waals surface area contributed by atoms with Gasteiger partial charge in [0.1, 0.15) is 12.4 Å². The smallest absolute Gasteiger partial charge is 0.251 e. The largest absolute Gasteiger partial charge is 0.489 e. The van der Waals surface area contributed by atoms with E-state index in [1.807, 2.05) is 72.8 Å². The summed E-state index contributed by atoms with van der Waals surface area (Å²) in [4.78, 5) is 16.6. The Morgan fingerprint density at radius 3 is 2.30 bits per heavy atom. The summed E-state index contributed by atoms with van der Waals surface area (Å²) >= 11 is 0. The Morgan fingerprint density at radius 1 is 0.758 bits per heavy atom. The lowest BCUT2D eigenvalue weighted by atomic mass is 10.0. The minimum absolute atomic E-state index is 0.0864. The van der Waals surface area contributed by atoms with Crippen LogP contribution in [-0.4, -0.2) is 10.9 Å². The van der Waals surface area contributed by atoms with Crippen LogP contribution in [-0.2, 0) is 26.0 Å². The van der Waals surface area contributed by atoms with Gasteiger partial charge >= 0.3 is 0 Å². The predicted octanol–water partition coefficient (Wildman–Crippen LogP) is 5.77. The van der Waals surface area contributed by atoms with Crippen LogP contribution in [0.4, 0.5) is 0 Å². The average Bonchev–Trinajstić information content (AvgIpc) is 2.88. The van der Waals surface area contributed by atoms with E-state index in [1.54, 1.807) is 6.20 Å². The highest BCUT2D eigenvalue weighted by molar-refractivity contribution is 5.94. The number of benzene rings is 3. The van der Waals surface area contributed by atoms with Crippen molar-refractivity contribution in [3.05, 3.63) is 131 Å². The van der Waals surface area contributed by atoms with Crippen LogP contribution < -0.4 is 10.1 Å². The molecule has 4 nitrogen and oxygen atoms in total. The third kappa shape index (κ3) is 6.78. The lowest BCUT2D eigenvalue weighted by Crippen LogP contribution is -2.23. The van der Waals surface area contributed by atoms with Gasteiger partial charge in [-0.05, 0) is 66.3 Å². The lowest BCUT2D eigenvalue weighted by Gasteiger charge is -2.12. The zero-order valence-electron chi connectivity index (χ0n) is 18.6. The molecule has 166 valence electrons. The van der Waals surface area contributed by atoms with Gasteiger partial charge in [0.2, 0.25) is 0 Å². The second kappa shape index (κ2) is 11.6. The molecule has 0 atom stereocenters. The average molecular weight is 437 g/mol. The van der Waals surface area contributed by atoms with Gasteiger partial charge in [-0.3, -0.25) is 9.78 Å². The maximum Gasteiger partial charge on any atom is 0.251 e. The van der Waals surface area contributed by atoms with E-state index in [4.69, 9.17) is 4.74 Å². The zero-order chi connectivity index (χ0) is 22.7. The molecule has 0 saturated carbocycles. The van der Waals surface area contributed by atoms with Gasteiger partial charge in [0.15, 0.2) is 0 Å². The first-order valence-corrected chi connectivity index (χ1v) is 11.3. The predicted molar refractivity (Wildman–Crippen MR) is 131 cm³/mol. The molecular formula is C29H28N2O2. The molecule has 4 aromatic rings. The number of aryl methyl sites for hydroxylation is 2. The first kappa shape index (κ1) is 22.3. The molecule has 4 heteroatoms. The molecule has 1 N–H and O–H groups in total. The number of amides is 1. The fourth-order valence-corrected chi connectivity index (χ4v) is 3.67. The fraction of sp³-hybridized carbons (Fsp3) is 0.172. The molecule has 0 unspecified atom stereocenters. The van der Waals surface area contributed by atoms with Gasteiger partial charge in [0.05, 0.1) is 12.2 Å². The Labute approximate surface area is 195 Å². The number of para-hydroxylation sites is 1. The van der Waals surface area contributed by atoms with Crippen molar-refractivity contribution in [2.75, 3.05) is 0 Å². The minimum atomic E-state index is -0.0864. The molecule has 0 bridgehead atoms. The number of carbonyl (C=O) groups excluding carboxylic acids is 1. The summed E-state index contributed by atoms with van der Waals surface area (Å²) in [7, 11) is 0. The molecule has 0 spiro atoms. The number of carbonyl (C=O) groups is 1. The molecule has 0 radical (unpaired) electrons. The van der Waals surface area contributed by atoms with Crippen LogP contribution in [0.2, 0.25) is 0 Å². The molecule has 0 fully saturated rings. The first-order valence-electron chi connectivity index (χ1n) is 11.3. The summed E-state index contributed by atoms with van der Waals surface area (Å²) in [6.07, 6.45) is 4.63.